The van der Waals surface area contributed by atoms with Gasteiger partial charge in [-0.05, 0) is 85.0 Å². The first kappa shape index (κ1) is 27.8. The van der Waals surface area contributed by atoms with E-state index in [1.807, 2.05) is 12.4 Å². The van der Waals surface area contributed by atoms with E-state index in [1.54, 1.807) is 0 Å². The Balaban J connectivity index is 0.983. The van der Waals surface area contributed by atoms with Crippen LogP contribution in [-0.4, -0.2) is 36.4 Å². The highest BCUT2D eigenvalue weighted by Crippen LogP contribution is 2.29. The van der Waals surface area contributed by atoms with Crippen molar-refractivity contribution in [1.29, 1.82) is 0 Å². The van der Waals surface area contributed by atoms with Crippen LogP contribution in [0.2, 0.25) is 0 Å². The lowest BCUT2D eigenvalue weighted by Crippen LogP contribution is -2.09. The van der Waals surface area contributed by atoms with Crippen LogP contribution in [-0.2, 0) is 22.3 Å². The molecule has 0 radical (unpaired) electrons. The van der Waals surface area contributed by atoms with Crippen LogP contribution in [0.15, 0.2) is 109 Å². The number of nitrogens with zero attached hydrogens (tertiary/aromatic N) is 2. The van der Waals surface area contributed by atoms with Crippen LogP contribution in [0, 0.1) is 13.8 Å². The molecule has 2 heterocycles. The summed E-state index contributed by atoms with van der Waals surface area (Å²) in [5.74, 6) is 0. The molecule has 0 amide bonds. The fraction of sp³-hybridized carbons (Fsp3) is 0.211. The Hall–Kier alpha value is -4.38. The van der Waals surface area contributed by atoms with Crippen LogP contribution in [0.1, 0.15) is 22.3 Å². The SMILES string of the molecule is Cc1cc(CCOCCOCCc2cc(C)cc(-c3nccc4ccccc34)c2)cc(-c2nccc3ccccc23)c1. The van der Waals surface area contributed by atoms with Gasteiger partial charge in [0.1, 0.15) is 0 Å². The van der Waals surface area contributed by atoms with E-state index < -0.39 is 0 Å². The zero-order chi connectivity index (χ0) is 28.7. The molecule has 0 unspecified atom stereocenters. The molecule has 0 fully saturated rings. The predicted octanol–water partition coefficient (Wildman–Crippen LogP) is 8.55. The first-order valence-electron chi connectivity index (χ1n) is 14.7. The van der Waals surface area contributed by atoms with Gasteiger partial charge in [-0.25, -0.2) is 0 Å². The number of ether oxygens (including phenoxy) is 2. The Morgan fingerprint density at radius 3 is 1.43 bits per heavy atom. The van der Waals surface area contributed by atoms with Crippen molar-refractivity contribution in [3.8, 4) is 22.5 Å². The second-order valence-electron chi connectivity index (χ2n) is 10.9. The molecule has 0 atom stereocenters. The Kier molecular flexibility index (Phi) is 8.64. The standard InChI is InChI=1S/C38H36N2O2/c1-27-21-29(25-33(23-27)37-35-9-5-3-7-31(35)11-15-39-37)13-17-41-19-20-42-18-14-30-22-28(2)24-34(26-30)38-36-10-6-4-8-32(36)12-16-40-38/h3-12,15-16,21-26H,13-14,17-20H2,1-2H3. The molecule has 4 nitrogen and oxygen atoms in total. The maximum Gasteiger partial charge on any atom is 0.0780 e. The zero-order valence-corrected chi connectivity index (χ0v) is 24.3. The summed E-state index contributed by atoms with van der Waals surface area (Å²) in [7, 11) is 0. The fourth-order valence-corrected chi connectivity index (χ4v) is 5.69. The van der Waals surface area contributed by atoms with Gasteiger partial charge in [0.05, 0.1) is 37.8 Å². The second kappa shape index (κ2) is 13.1. The molecule has 210 valence electrons. The molecule has 2 aromatic heterocycles. The van der Waals surface area contributed by atoms with Crippen molar-refractivity contribution in [2.45, 2.75) is 26.7 Å². The number of benzene rings is 4. The molecule has 0 saturated carbocycles. The number of fused-ring (bicyclic) bond motifs is 2. The van der Waals surface area contributed by atoms with Crippen molar-refractivity contribution in [2.75, 3.05) is 26.4 Å². The van der Waals surface area contributed by atoms with Gasteiger partial charge in [0.2, 0.25) is 0 Å². The quantitative estimate of drug-likeness (QED) is 0.151. The molecular formula is C38H36N2O2. The molecule has 4 heteroatoms. The lowest BCUT2D eigenvalue weighted by molar-refractivity contribution is 0.0501. The van der Waals surface area contributed by atoms with E-state index in [1.165, 1.54) is 43.8 Å². The second-order valence-corrected chi connectivity index (χ2v) is 10.9. The number of pyridine rings is 2. The monoisotopic (exact) mass is 552 g/mol. The summed E-state index contributed by atoms with van der Waals surface area (Å²) in [6.45, 7) is 6.78. The highest BCUT2D eigenvalue weighted by molar-refractivity contribution is 5.95. The number of rotatable bonds is 11. The van der Waals surface area contributed by atoms with Gasteiger partial charge >= 0.3 is 0 Å². The minimum atomic E-state index is 0.586. The van der Waals surface area contributed by atoms with Gasteiger partial charge in [0.15, 0.2) is 0 Å². The Morgan fingerprint density at radius 2 is 0.952 bits per heavy atom. The first-order chi connectivity index (χ1) is 20.6. The van der Waals surface area contributed by atoms with Crippen molar-refractivity contribution in [3.05, 3.63) is 132 Å². The van der Waals surface area contributed by atoms with Gasteiger partial charge in [-0.3, -0.25) is 9.97 Å². The molecule has 0 aliphatic rings. The van der Waals surface area contributed by atoms with Crippen LogP contribution >= 0.6 is 0 Å². The molecule has 0 aliphatic heterocycles. The lowest BCUT2D eigenvalue weighted by Gasteiger charge is -2.11. The Morgan fingerprint density at radius 1 is 0.500 bits per heavy atom. The van der Waals surface area contributed by atoms with Crippen molar-refractivity contribution < 1.29 is 9.47 Å². The Bertz CT molecular complexity index is 1680. The average Bonchev–Trinajstić information content (AvgIpc) is 3.01. The minimum absolute atomic E-state index is 0.586. The van der Waals surface area contributed by atoms with Crippen molar-refractivity contribution in [2.24, 2.45) is 0 Å². The maximum atomic E-state index is 5.93. The highest BCUT2D eigenvalue weighted by Gasteiger charge is 2.09. The van der Waals surface area contributed by atoms with Gasteiger partial charge in [-0.2, -0.15) is 0 Å². The summed E-state index contributed by atoms with van der Waals surface area (Å²) in [4.78, 5) is 9.41. The normalized spacial score (nSPS) is 11.4. The molecule has 0 saturated heterocycles. The van der Waals surface area contributed by atoms with E-state index in [2.05, 4.69) is 111 Å². The zero-order valence-electron chi connectivity index (χ0n) is 24.3. The van der Waals surface area contributed by atoms with Gasteiger partial charge in [-0.1, -0.05) is 71.8 Å². The van der Waals surface area contributed by atoms with Gasteiger partial charge in [0, 0.05) is 34.3 Å². The van der Waals surface area contributed by atoms with Gasteiger partial charge in [0.25, 0.3) is 0 Å². The first-order valence-corrected chi connectivity index (χ1v) is 14.7. The molecule has 0 aliphatic carbocycles. The highest BCUT2D eigenvalue weighted by atomic mass is 16.5. The van der Waals surface area contributed by atoms with Gasteiger partial charge < -0.3 is 9.47 Å². The molecular weight excluding hydrogens is 516 g/mol. The van der Waals surface area contributed by atoms with Gasteiger partial charge in [-0.15, -0.1) is 0 Å². The topological polar surface area (TPSA) is 44.2 Å². The summed E-state index contributed by atoms with van der Waals surface area (Å²) in [6.07, 6.45) is 5.49. The molecule has 6 aromatic rings. The Labute approximate surface area is 248 Å². The van der Waals surface area contributed by atoms with E-state index in [4.69, 9.17) is 19.4 Å². The van der Waals surface area contributed by atoms with E-state index in [-0.39, 0.29) is 0 Å². The summed E-state index contributed by atoms with van der Waals surface area (Å²) < 4.78 is 11.9. The van der Waals surface area contributed by atoms with E-state index >= 15 is 0 Å². The summed E-state index contributed by atoms with van der Waals surface area (Å²) >= 11 is 0. The van der Waals surface area contributed by atoms with Crippen LogP contribution in [0.3, 0.4) is 0 Å². The van der Waals surface area contributed by atoms with E-state index in [9.17, 15) is 0 Å². The maximum absolute atomic E-state index is 5.93. The van der Waals surface area contributed by atoms with Crippen LogP contribution in [0.5, 0.6) is 0 Å². The third-order valence-corrected chi connectivity index (χ3v) is 7.61. The van der Waals surface area contributed by atoms with Crippen LogP contribution in [0.25, 0.3) is 44.1 Å². The van der Waals surface area contributed by atoms with Crippen LogP contribution < -0.4 is 0 Å². The summed E-state index contributed by atoms with van der Waals surface area (Å²) in [5.41, 5.74) is 9.35. The number of hydrogen-bond donors (Lipinski definition) is 0. The molecule has 42 heavy (non-hydrogen) atoms. The van der Waals surface area contributed by atoms with Crippen molar-refractivity contribution >= 4 is 21.5 Å². The average molecular weight is 553 g/mol. The third kappa shape index (κ3) is 6.57. The fourth-order valence-electron chi connectivity index (χ4n) is 5.69. The minimum Gasteiger partial charge on any atom is -0.379 e. The summed E-state index contributed by atoms with van der Waals surface area (Å²) in [5, 5.41) is 4.77. The molecule has 0 bridgehead atoms. The third-order valence-electron chi connectivity index (χ3n) is 7.61. The number of hydrogen-bond acceptors (Lipinski definition) is 4. The smallest absolute Gasteiger partial charge is 0.0780 e. The molecule has 0 N–H and O–H groups in total. The number of aromatic nitrogens is 2. The van der Waals surface area contributed by atoms with Crippen molar-refractivity contribution in [1.82, 2.24) is 9.97 Å². The summed E-state index contributed by atoms with van der Waals surface area (Å²) in [6, 6.07) is 34.3. The molecule has 4 aromatic carbocycles. The van der Waals surface area contributed by atoms with Crippen LogP contribution in [0.4, 0.5) is 0 Å². The number of aryl methyl sites for hydroxylation is 2. The molecule has 0 spiro atoms. The predicted molar refractivity (Wildman–Crippen MR) is 173 cm³/mol. The molecule has 6 rings (SSSR count). The van der Waals surface area contributed by atoms with E-state index in [0.717, 1.165) is 35.4 Å². The van der Waals surface area contributed by atoms with Crippen molar-refractivity contribution in [3.63, 3.8) is 0 Å². The largest absolute Gasteiger partial charge is 0.379 e. The van der Waals surface area contributed by atoms with E-state index in [0.29, 0.717) is 26.4 Å². The lowest BCUT2D eigenvalue weighted by atomic mass is 9.99.